The molecule has 3 heteroatoms. The summed E-state index contributed by atoms with van der Waals surface area (Å²) in [5.74, 6) is 0.941. The van der Waals surface area contributed by atoms with Gasteiger partial charge in [0.1, 0.15) is 6.26 Å². The van der Waals surface area contributed by atoms with Gasteiger partial charge < -0.3 is 4.42 Å². The maximum atomic E-state index is 5.68. The van der Waals surface area contributed by atoms with Crippen molar-refractivity contribution in [1.29, 1.82) is 0 Å². The van der Waals surface area contributed by atoms with Crippen LogP contribution < -0.4 is 0 Å². The highest BCUT2D eigenvalue weighted by Gasteiger charge is 1.99. The highest BCUT2D eigenvalue weighted by molar-refractivity contribution is 6.16. The molecule has 0 saturated carbocycles. The Hall–Kier alpha value is -2.06. The molecule has 3 aromatic rings. The van der Waals surface area contributed by atoms with Crippen molar-refractivity contribution in [2.45, 2.75) is 5.88 Å². The average molecular weight is 270 g/mol. The van der Waals surface area contributed by atoms with E-state index in [0.717, 1.165) is 11.3 Å². The van der Waals surface area contributed by atoms with Gasteiger partial charge in [0.2, 0.25) is 5.89 Å². The number of benzene rings is 2. The number of rotatable bonds is 3. The van der Waals surface area contributed by atoms with Gasteiger partial charge in [-0.2, -0.15) is 0 Å². The predicted molar refractivity (Wildman–Crippen MR) is 78.9 cm³/mol. The van der Waals surface area contributed by atoms with E-state index in [9.17, 15) is 0 Å². The van der Waals surface area contributed by atoms with Crippen LogP contribution in [0.2, 0.25) is 0 Å². The summed E-state index contributed by atoms with van der Waals surface area (Å²) in [4.78, 5) is 4.22. The normalized spacial score (nSPS) is 11.4. The molecule has 19 heavy (non-hydrogen) atoms. The zero-order valence-corrected chi connectivity index (χ0v) is 11.0. The number of nitrogens with zero attached hydrogens (tertiary/aromatic N) is 1. The summed E-state index contributed by atoms with van der Waals surface area (Å²) in [7, 11) is 0. The standard InChI is InChI=1S/C16H12ClNO/c17-10-15-11-19-16(18-15)8-6-12-5-7-13-3-1-2-4-14(13)9-12/h1-9,11H,10H2/b8-6+. The highest BCUT2D eigenvalue weighted by atomic mass is 35.5. The monoisotopic (exact) mass is 269 g/mol. The largest absolute Gasteiger partial charge is 0.445 e. The molecule has 0 spiro atoms. The van der Waals surface area contributed by atoms with E-state index in [1.54, 1.807) is 6.26 Å². The fourth-order valence-electron chi connectivity index (χ4n) is 1.94. The van der Waals surface area contributed by atoms with E-state index >= 15 is 0 Å². The summed E-state index contributed by atoms with van der Waals surface area (Å²) in [6.07, 6.45) is 5.41. The zero-order valence-electron chi connectivity index (χ0n) is 10.2. The van der Waals surface area contributed by atoms with E-state index in [1.807, 2.05) is 24.3 Å². The molecule has 3 rings (SSSR count). The molecule has 1 aromatic heterocycles. The Morgan fingerprint density at radius 2 is 1.89 bits per heavy atom. The molecular weight excluding hydrogens is 258 g/mol. The summed E-state index contributed by atoms with van der Waals surface area (Å²) < 4.78 is 5.28. The minimum Gasteiger partial charge on any atom is -0.445 e. The Kier molecular flexibility index (Phi) is 3.34. The van der Waals surface area contributed by atoms with E-state index in [1.165, 1.54) is 10.8 Å². The number of hydrogen-bond donors (Lipinski definition) is 0. The van der Waals surface area contributed by atoms with Crippen LogP contribution in [0.1, 0.15) is 17.1 Å². The van der Waals surface area contributed by atoms with Gasteiger partial charge in [0.15, 0.2) is 0 Å². The van der Waals surface area contributed by atoms with Gasteiger partial charge in [-0.15, -0.1) is 11.6 Å². The van der Waals surface area contributed by atoms with Crippen molar-refractivity contribution in [1.82, 2.24) is 4.98 Å². The third kappa shape index (κ3) is 2.69. The SMILES string of the molecule is ClCc1coc(/C=C/c2ccc3ccccc3c2)n1. The van der Waals surface area contributed by atoms with Gasteiger partial charge in [0.25, 0.3) is 0 Å². The smallest absolute Gasteiger partial charge is 0.218 e. The molecule has 0 aliphatic rings. The molecule has 0 bridgehead atoms. The van der Waals surface area contributed by atoms with Gasteiger partial charge >= 0.3 is 0 Å². The van der Waals surface area contributed by atoms with Crippen LogP contribution in [-0.2, 0) is 5.88 Å². The van der Waals surface area contributed by atoms with Crippen molar-refractivity contribution < 1.29 is 4.42 Å². The van der Waals surface area contributed by atoms with Crippen molar-refractivity contribution >= 4 is 34.5 Å². The van der Waals surface area contributed by atoms with Crippen molar-refractivity contribution in [3.63, 3.8) is 0 Å². The first-order chi connectivity index (χ1) is 9.35. The van der Waals surface area contributed by atoms with E-state index in [4.69, 9.17) is 16.0 Å². The molecule has 0 amide bonds. The van der Waals surface area contributed by atoms with E-state index in [2.05, 4.69) is 35.3 Å². The topological polar surface area (TPSA) is 26.0 Å². The van der Waals surface area contributed by atoms with Crippen molar-refractivity contribution in [3.8, 4) is 0 Å². The molecule has 2 aromatic carbocycles. The van der Waals surface area contributed by atoms with Gasteiger partial charge in [-0.1, -0.05) is 36.4 Å². The first kappa shape index (κ1) is 12.0. The fraction of sp³-hybridized carbons (Fsp3) is 0.0625. The van der Waals surface area contributed by atoms with Gasteiger partial charge in [-0.25, -0.2) is 4.98 Å². The molecule has 0 unspecified atom stereocenters. The summed E-state index contributed by atoms with van der Waals surface area (Å²) in [6, 6.07) is 14.6. The molecule has 0 fully saturated rings. The molecule has 0 aliphatic carbocycles. The molecule has 2 nitrogen and oxygen atoms in total. The Labute approximate surface area is 116 Å². The zero-order chi connectivity index (χ0) is 13.1. The van der Waals surface area contributed by atoms with Crippen LogP contribution in [0.15, 0.2) is 53.1 Å². The van der Waals surface area contributed by atoms with Crippen LogP contribution in [0.4, 0.5) is 0 Å². The highest BCUT2D eigenvalue weighted by Crippen LogP contribution is 2.17. The van der Waals surface area contributed by atoms with E-state index < -0.39 is 0 Å². The molecule has 1 heterocycles. The van der Waals surface area contributed by atoms with Crippen LogP contribution in [-0.4, -0.2) is 4.98 Å². The summed E-state index contributed by atoms with van der Waals surface area (Å²) in [5, 5.41) is 2.46. The molecular formula is C16H12ClNO. The van der Waals surface area contributed by atoms with E-state index in [-0.39, 0.29) is 0 Å². The van der Waals surface area contributed by atoms with Gasteiger partial charge in [0.05, 0.1) is 11.6 Å². The third-order valence-corrected chi connectivity index (χ3v) is 3.17. The first-order valence-corrected chi connectivity index (χ1v) is 6.56. The lowest BCUT2D eigenvalue weighted by Gasteiger charge is -1.98. The number of hydrogen-bond acceptors (Lipinski definition) is 2. The number of aromatic nitrogens is 1. The minimum atomic E-state index is 0.368. The Bertz CT molecular complexity index is 730. The van der Waals surface area contributed by atoms with Crippen LogP contribution in [0, 0.1) is 0 Å². The molecule has 0 N–H and O–H groups in total. The average Bonchev–Trinajstić information content (AvgIpc) is 2.93. The minimum absolute atomic E-state index is 0.368. The maximum absolute atomic E-state index is 5.68. The first-order valence-electron chi connectivity index (χ1n) is 6.02. The molecule has 0 atom stereocenters. The second-order valence-corrected chi connectivity index (χ2v) is 4.52. The predicted octanol–water partition coefficient (Wildman–Crippen LogP) is 4.74. The van der Waals surface area contributed by atoms with E-state index in [0.29, 0.717) is 11.8 Å². The van der Waals surface area contributed by atoms with Crippen LogP contribution in [0.3, 0.4) is 0 Å². The molecule has 0 saturated heterocycles. The van der Waals surface area contributed by atoms with Gasteiger partial charge in [-0.3, -0.25) is 0 Å². The van der Waals surface area contributed by atoms with Gasteiger partial charge in [0, 0.05) is 6.08 Å². The number of alkyl halides is 1. The van der Waals surface area contributed by atoms with Crippen LogP contribution in [0.25, 0.3) is 22.9 Å². The second kappa shape index (κ2) is 5.29. The second-order valence-electron chi connectivity index (χ2n) is 4.25. The molecule has 94 valence electrons. The van der Waals surface area contributed by atoms with Crippen molar-refractivity contribution in [2.24, 2.45) is 0 Å². The Balaban J connectivity index is 1.88. The molecule has 0 aliphatic heterocycles. The fourth-order valence-corrected chi connectivity index (χ4v) is 2.06. The lowest BCUT2D eigenvalue weighted by Crippen LogP contribution is -1.77. The lowest BCUT2D eigenvalue weighted by molar-refractivity contribution is 0.546. The van der Waals surface area contributed by atoms with Crippen molar-refractivity contribution in [2.75, 3.05) is 0 Å². The summed E-state index contributed by atoms with van der Waals surface area (Å²) in [5.41, 5.74) is 1.86. The van der Waals surface area contributed by atoms with Crippen LogP contribution >= 0.6 is 11.6 Å². The van der Waals surface area contributed by atoms with Crippen LogP contribution in [0.5, 0.6) is 0 Å². The maximum Gasteiger partial charge on any atom is 0.218 e. The van der Waals surface area contributed by atoms with Gasteiger partial charge in [-0.05, 0) is 28.5 Å². The Morgan fingerprint density at radius 1 is 1.05 bits per heavy atom. The third-order valence-electron chi connectivity index (χ3n) is 2.90. The summed E-state index contributed by atoms with van der Waals surface area (Å²) >= 11 is 5.68. The quantitative estimate of drug-likeness (QED) is 0.642. The number of halogens is 1. The van der Waals surface area contributed by atoms with Crippen molar-refractivity contribution in [3.05, 3.63) is 65.9 Å². The lowest BCUT2D eigenvalue weighted by atomic mass is 10.1. The number of fused-ring (bicyclic) bond motifs is 1. The number of oxazole rings is 1. The summed E-state index contributed by atoms with van der Waals surface area (Å²) in [6.45, 7) is 0. The Morgan fingerprint density at radius 3 is 2.68 bits per heavy atom. The molecule has 0 radical (unpaired) electrons.